The molecule has 1 saturated carbocycles. The number of ether oxygens (including phenoxy) is 1. The quantitative estimate of drug-likeness (QED) is 0.866. The summed E-state index contributed by atoms with van der Waals surface area (Å²) < 4.78 is 18.7. The third-order valence-corrected chi connectivity index (χ3v) is 4.60. The van der Waals surface area contributed by atoms with E-state index in [0.29, 0.717) is 5.75 Å². The average Bonchev–Trinajstić information content (AvgIpc) is 2.52. The molecule has 1 aliphatic carbocycles. The van der Waals surface area contributed by atoms with E-state index >= 15 is 0 Å². The molecule has 1 aromatic carbocycles. The maximum Gasteiger partial charge on any atom is 0.323 e. The van der Waals surface area contributed by atoms with Gasteiger partial charge in [-0.25, -0.2) is 4.39 Å². The average molecular weight is 307 g/mol. The van der Waals surface area contributed by atoms with Crippen molar-refractivity contribution in [3.63, 3.8) is 0 Å². The molecule has 1 atom stereocenters. The fourth-order valence-corrected chi connectivity index (χ4v) is 3.54. The first kappa shape index (κ1) is 14.8. The van der Waals surface area contributed by atoms with Gasteiger partial charge in [-0.3, -0.25) is 9.59 Å². The van der Waals surface area contributed by atoms with Crippen LogP contribution in [-0.2, 0) is 9.59 Å². The van der Waals surface area contributed by atoms with E-state index in [1.807, 2.05) is 0 Å². The molecule has 6 heteroatoms. The Bertz CT molecular complexity index is 580. The molecule has 2 fully saturated rings. The van der Waals surface area contributed by atoms with Crippen molar-refractivity contribution in [2.24, 2.45) is 0 Å². The number of likely N-dealkylation sites (tertiary alicyclic amines) is 1. The summed E-state index contributed by atoms with van der Waals surface area (Å²) >= 11 is 0. The lowest BCUT2D eigenvalue weighted by Crippen LogP contribution is -2.77. The van der Waals surface area contributed by atoms with Crippen LogP contribution in [0.5, 0.6) is 5.75 Å². The van der Waals surface area contributed by atoms with Crippen molar-refractivity contribution in [1.82, 2.24) is 4.90 Å². The number of hydrogen-bond acceptors (Lipinski definition) is 3. The topological polar surface area (TPSA) is 66.8 Å². The van der Waals surface area contributed by atoms with Gasteiger partial charge in [0.25, 0.3) is 5.91 Å². The van der Waals surface area contributed by atoms with Gasteiger partial charge in [-0.15, -0.1) is 0 Å². The number of carbonyl (C=O) groups excluding carboxylic acids is 1. The molecule has 1 amide bonds. The van der Waals surface area contributed by atoms with Crippen molar-refractivity contribution < 1.29 is 23.8 Å². The fourth-order valence-electron chi connectivity index (χ4n) is 3.54. The van der Waals surface area contributed by atoms with E-state index in [0.717, 1.165) is 32.1 Å². The summed E-state index contributed by atoms with van der Waals surface area (Å²) in [6, 6.07) is 5.53. The summed E-state index contributed by atoms with van der Waals surface area (Å²) in [5, 5.41) is 9.01. The number of carboxylic acid groups (broad SMARTS) is 1. The third kappa shape index (κ3) is 2.42. The number of carbonyl (C=O) groups is 2. The highest BCUT2D eigenvalue weighted by Gasteiger charge is 2.62. The molecule has 1 aromatic rings. The van der Waals surface area contributed by atoms with Crippen LogP contribution in [0.4, 0.5) is 4.39 Å². The highest BCUT2D eigenvalue weighted by atomic mass is 19.1. The SMILES string of the molecule is O=C(O)CN1C(=O)[C@H](Oc2ccc(F)cc2)C12CCCCC2. The lowest BCUT2D eigenvalue weighted by molar-refractivity contribution is -0.189. The number of aliphatic carboxylic acids is 1. The summed E-state index contributed by atoms with van der Waals surface area (Å²) in [4.78, 5) is 24.7. The van der Waals surface area contributed by atoms with Crippen molar-refractivity contribution in [2.75, 3.05) is 6.54 Å². The number of rotatable bonds is 4. The lowest BCUT2D eigenvalue weighted by Gasteiger charge is -2.58. The molecule has 1 aliphatic heterocycles. The Morgan fingerprint density at radius 1 is 1.27 bits per heavy atom. The van der Waals surface area contributed by atoms with Crippen LogP contribution in [0.3, 0.4) is 0 Å². The van der Waals surface area contributed by atoms with Crippen LogP contribution in [0.25, 0.3) is 0 Å². The zero-order valence-corrected chi connectivity index (χ0v) is 12.1. The van der Waals surface area contributed by atoms with Crippen LogP contribution >= 0.6 is 0 Å². The summed E-state index contributed by atoms with van der Waals surface area (Å²) in [6.07, 6.45) is 3.81. The second kappa shape index (κ2) is 5.59. The van der Waals surface area contributed by atoms with Gasteiger partial charge in [-0.1, -0.05) is 19.3 Å². The second-order valence-corrected chi connectivity index (χ2v) is 5.93. The fraction of sp³-hybridized carbons (Fsp3) is 0.500. The van der Waals surface area contributed by atoms with Gasteiger partial charge in [0.05, 0.1) is 5.54 Å². The number of β-lactam (4-membered cyclic amide) rings is 1. The Kier molecular flexibility index (Phi) is 3.76. The minimum atomic E-state index is -1.02. The molecule has 0 unspecified atom stereocenters. The first-order valence-corrected chi connectivity index (χ1v) is 7.48. The minimum Gasteiger partial charge on any atom is -0.480 e. The molecule has 0 bridgehead atoms. The predicted molar refractivity (Wildman–Crippen MR) is 76.0 cm³/mol. The van der Waals surface area contributed by atoms with Gasteiger partial charge in [0.2, 0.25) is 0 Å². The first-order valence-electron chi connectivity index (χ1n) is 7.48. The maximum atomic E-state index is 13.0. The second-order valence-electron chi connectivity index (χ2n) is 5.93. The van der Waals surface area contributed by atoms with E-state index in [4.69, 9.17) is 9.84 Å². The van der Waals surface area contributed by atoms with Gasteiger partial charge in [-0.05, 0) is 37.1 Å². The molecule has 22 heavy (non-hydrogen) atoms. The molecule has 2 aliphatic rings. The van der Waals surface area contributed by atoms with E-state index in [-0.39, 0.29) is 18.3 Å². The van der Waals surface area contributed by atoms with Crippen LogP contribution in [0, 0.1) is 5.82 Å². The van der Waals surface area contributed by atoms with Gasteiger partial charge in [0, 0.05) is 0 Å². The van der Waals surface area contributed by atoms with Crippen molar-refractivity contribution in [3.05, 3.63) is 30.1 Å². The van der Waals surface area contributed by atoms with E-state index in [9.17, 15) is 14.0 Å². The van der Waals surface area contributed by atoms with Crippen molar-refractivity contribution in [1.29, 1.82) is 0 Å². The zero-order valence-electron chi connectivity index (χ0n) is 12.1. The Morgan fingerprint density at radius 3 is 2.50 bits per heavy atom. The van der Waals surface area contributed by atoms with Crippen LogP contribution in [0.2, 0.25) is 0 Å². The van der Waals surface area contributed by atoms with Crippen molar-refractivity contribution in [3.8, 4) is 5.75 Å². The molecule has 3 rings (SSSR count). The summed E-state index contributed by atoms with van der Waals surface area (Å²) in [7, 11) is 0. The molecule has 1 N–H and O–H groups in total. The maximum absolute atomic E-state index is 13.0. The molecular weight excluding hydrogens is 289 g/mol. The predicted octanol–water partition coefficient (Wildman–Crippen LogP) is 2.20. The minimum absolute atomic E-state index is 0.290. The summed E-state index contributed by atoms with van der Waals surface area (Å²) in [5.74, 6) is -1.25. The molecule has 1 heterocycles. The number of benzene rings is 1. The van der Waals surface area contributed by atoms with Gasteiger partial charge in [0.1, 0.15) is 18.1 Å². The lowest BCUT2D eigenvalue weighted by atomic mass is 9.70. The van der Waals surface area contributed by atoms with Crippen molar-refractivity contribution >= 4 is 11.9 Å². The normalized spacial score (nSPS) is 23.2. The molecule has 0 aromatic heterocycles. The monoisotopic (exact) mass is 307 g/mol. The highest BCUT2D eigenvalue weighted by molar-refractivity contribution is 5.93. The number of nitrogens with zero attached hydrogens (tertiary/aromatic N) is 1. The number of carboxylic acids is 1. The van der Waals surface area contributed by atoms with E-state index in [1.54, 1.807) is 0 Å². The van der Waals surface area contributed by atoms with Crippen molar-refractivity contribution in [2.45, 2.75) is 43.7 Å². The van der Waals surface area contributed by atoms with E-state index in [2.05, 4.69) is 0 Å². The van der Waals surface area contributed by atoms with Crippen LogP contribution in [0.15, 0.2) is 24.3 Å². The summed E-state index contributed by atoms with van der Waals surface area (Å²) in [5.41, 5.74) is -0.526. The largest absolute Gasteiger partial charge is 0.480 e. The van der Waals surface area contributed by atoms with Gasteiger partial charge < -0.3 is 14.7 Å². The standard InChI is InChI=1S/C16H18FNO4/c17-11-4-6-12(7-5-11)22-14-15(21)18(10-13(19)20)16(14)8-2-1-3-9-16/h4-7,14H,1-3,8-10H2,(H,19,20)/t14-/m0/s1. The highest BCUT2D eigenvalue weighted by Crippen LogP contribution is 2.45. The molecule has 1 spiro atoms. The number of halogens is 1. The Hall–Kier alpha value is -2.11. The molecule has 0 radical (unpaired) electrons. The van der Waals surface area contributed by atoms with Gasteiger partial charge in [0.15, 0.2) is 6.10 Å². The molecule has 5 nitrogen and oxygen atoms in total. The first-order chi connectivity index (χ1) is 10.5. The summed E-state index contributed by atoms with van der Waals surface area (Å²) in [6.45, 7) is -0.290. The third-order valence-electron chi connectivity index (χ3n) is 4.60. The van der Waals surface area contributed by atoms with E-state index < -0.39 is 17.6 Å². The molecular formula is C16H18FNO4. The van der Waals surface area contributed by atoms with Gasteiger partial charge >= 0.3 is 5.97 Å². The smallest absolute Gasteiger partial charge is 0.323 e. The number of amides is 1. The zero-order chi connectivity index (χ0) is 15.7. The van der Waals surface area contributed by atoms with E-state index in [1.165, 1.54) is 29.2 Å². The Balaban J connectivity index is 1.81. The molecule has 118 valence electrons. The van der Waals surface area contributed by atoms with Crippen LogP contribution < -0.4 is 4.74 Å². The van der Waals surface area contributed by atoms with Crippen LogP contribution in [0.1, 0.15) is 32.1 Å². The number of hydrogen-bond donors (Lipinski definition) is 1. The van der Waals surface area contributed by atoms with Gasteiger partial charge in [-0.2, -0.15) is 0 Å². The Morgan fingerprint density at radius 2 is 1.91 bits per heavy atom. The van der Waals surface area contributed by atoms with Crippen LogP contribution in [-0.4, -0.2) is 40.1 Å². The molecule has 1 saturated heterocycles. The Labute approximate surface area is 127 Å².